The third-order valence-electron chi connectivity index (χ3n) is 4.42. The highest BCUT2D eigenvalue weighted by molar-refractivity contribution is 5.72. The van der Waals surface area contributed by atoms with Crippen LogP contribution in [0.25, 0.3) is 0 Å². The summed E-state index contributed by atoms with van der Waals surface area (Å²) in [6, 6.07) is 0.390. The minimum Gasteiger partial charge on any atom is -0.479 e. The van der Waals surface area contributed by atoms with Crippen molar-refractivity contribution in [3.05, 3.63) is 0 Å². The Labute approximate surface area is 112 Å². The molecule has 0 aromatic rings. The van der Waals surface area contributed by atoms with Gasteiger partial charge in [0, 0.05) is 38.8 Å². The molecule has 3 atom stereocenters. The van der Waals surface area contributed by atoms with Crippen LogP contribution in [-0.2, 0) is 19.0 Å². The van der Waals surface area contributed by atoms with E-state index >= 15 is 0 Å². The molecule has 0 aromatic carbocycles. The molecule has 3 aliphatic rings. The normalized spacial score (nSPS) is 40.6. The summed E-state index contributed by atoms with van der Waals surface area (Å²) >= 11 is 0. The Morgan fingerprint density at radius 1 is 1.32 bits per heavy atom. The van der Waals surface area contributed by atoms with Gasteiger partial charge >= 0.3 is 5.97 Å². The third kappa shape index (κ3) is 2.76. The van der Waals surface area contributed by atoms with E-state index in [0.29, 0.717) is 25.8 Å². The molecule has 0 aliphatic carbocycles. The van der Waals surface area contributed by atoms with Crippen LogP contribution in [0, 0.1) is 0 Å². The number of aliphatic carboxylic acids is 1. The summed E-state index contributed by atoms with van der Waals surface area (Å²) in [6.45, 7) is 3.98. The zero-order valence-electron chi connectivity index (χ0n) is 11.0. The molecular formula is C13H21NO5. The molecule has 108 valence electrons. The molecule has 3 aliphatic heterocycles. The smallest absolute Gasteiger partial charge is 0.334 e. The van der Waals surface area contributed by atoms with Gasteiger partial charge in [0.2, 0.25) is 0 Å². The monoisotopic (exact) mass is 271 g/mol. The number of hydrogen-bond donors (Lipinski definition) is 1. The summed E-state index contributed by atoms with van der Waals surface area (Å²) in [5.74, 6) is -0.865. The Kier molecular flexibility index (Phi) is 3.75. The largest absolute Gasteiger partial charge is 0.479 e. The van der Waals surface area contributed by atoms with Crippen LogP contribution in [0.5, 0.6) is 0 Å². The molecule has 0 saturated carbocycles. The van der Waals surface area contributed by atoms with Crippen LogP contribution in [0.1, 0.15) is 19.3 Å². The van der Waals surface area contributed by atoms with Gasteiger partial charge in [0.1, 0.15) is 0 Å². The van der Waals surface area contributed by atoms with E-state index in [1.807, 2.05) is 0 Å². The standard InChI is InChI=1S/C13H21NO5/c15-12(16)11-8-14(3-6-18-11)10-1-4-19-13(7-10)2-5-17-9-13/h10-11H,1-9H2,(H,15,16). The minimum atomic E-state index is -0.865. The first kappa shape index (κ1) is 13.3. The zero-order valence-corrected chi connectivity index (χ0v) is 11.0. The van der Waals surface area contributed by atoms with Crippen molar-refractivity contribution in [3.8, 4) is 0 Å². The molecule has 0 radical (unpaired) electrons. The van der Waals surface area contributed by atoms with Gasteiger partial charge in [0.25, 0.3) is 0 Å². The van der Waals surface area contributed by atoms with Gasteiger partial charge in [-0.1, -0.05) is 0 Å². The number of nitrogens with zero attached hydrogens (tertiary/aromatic N) is 1. The summed E-state index contributed by atoms with van der Waals surface area (Å²) in [7, 11) is 0. The average molecular weight is 271 g/mol. The molecule has 3 rings (SSSR count). The molecule has 6 nitrogen and oxygen atoms in total. The quantitative estimate of drug-likeness (QED) is 0.769. The van der Waals surface area contributed by atoms with Crippen LogP contribution >= 0.6 is 0 Å². The number of carboxylic acid groups (broad SMARTS) is 1. The van der Waals surface area contributed by atoms with Crippen molar-refractivity contribution >= 4 is 5.97 Å². The fraction of sp³-hybridized carbons (Fsp3) is 0.923. The summed E-state index contributed by atoms with van der Waals surface area (Å²) in [4.78, 5) is 13.3. The molecule has 3 heterocycles. The highest BCUT2D eigenvalue weighted by Gasteiger charge is 2.43. The predicted molar refractivity (Wildman–Crippen MR) is 66.1 cm³/mol. The molecule has 0 amide bonds. The maximum Gasteiger partial charge on any atom is 0.334 e. The lowest BCUT2D eigenvalue weighted by Gasteiger charge is -2.44. The van der Waals surface area contributed by atoms with Crippen LogP contribution in [0.4, 0.5) is 0 Å². The maximum atomic E-state index is 11.0. The van der Waals surface area contributed by atoms with Crippen LogP contribution in [0.15, 0.2) is 0 Å². The number of hydrogen-bond acceptors (Lipinski definition) is 5. The Balaban J connectivity index is 1.63. The van der Waals surface area contributed by atoms with Gasteiger partial charge in [-0.15, -0.1) is 0 Å². The first-order chi connectivity index (χ1) is 9.19. The van der Waals surface area contributed by atoms with E-state index < -0.39 is 12.1 Å². The van der Waals surface area contributed by atoms with Crippen molar-refractivity contribution in [3.63, 3.8) is 0 Å². The second kappa shape index (κ2) is 5.36. The molecule has 3 fully saturated rings. The third-order valence-corrected chi connectivity index (χ3v) is 4.42. The molecule has 19 heavy (non-hydrogen) atoms. The van der Waals surface area contributed by atoms with E-state index in [9.17, 15) is 4.79 Å². The van der Waals surface area contributed by atoms with Gasteiger partial charge < -0.3 is 19.3 Å². The van der Waals surface area contributed by atoms with Crippen LogP contribution in [0.2, 0.25) is 0 Å². The highest BCUT2D eigenvalue weighted by atomic mass is 16.6. The molecule has 1 spiro atoms. The summed E-state index contributed by atoms with van der Waals surface area (Å²) in [5.41, 5.74) is -0.125. The Morgan fingerprint density at radius 2 is 2.21 bits per heavy atom. The molecule has 6 heteroatoms. The number of carboxylic acids is 1. The van der Waals surface area contributed by atoms with Gasteiger partial charge in [-0.2, -0.15) is 0 Å². The van der Waals surface area contributed by atoms with E-state index in [1.165, 1.54) is 0 Å². The van der Waals surface area contributed by atoms with Gasteiger partial charge in [0.15, 0.2) is 6.10 Å². The maximum absolute atomic E-state index is 11.0. The molecule has 0 bridgehead atoms. The fourth-order valence-corrected chi connectivity index (χ4v) is 3.33. The molecular weight excluding hydrogens is 250 g/mol. The number of morpholine rings is 1. The van der Waals surface area contributed by atoms with E-state index in [1.54, 1.807) is 0 Å². The highest BCUT2D eigenvalue weighted by Crippen LogP contribution is 2.35. The van der Waals surface area contributed by atoms with Crippen molar-refractivity contribution < 1.29 is 24.1 Å². The second-order valence-corrected chi connectivity index (χ2v) is 5.67. The molecule has 1 N–H and O–H groups in total. The van der Waals surface area contributed by atoms with Crippen molar-refractivity contribution in [2.45, 2.75) is 37.0 Å². The van der Waals surface area contributed by atoms with Crippen LogP contribution < -0.4 is 0 Å². The molecule has 3 unspecified atom stereocenters. The van der Waals surface area contributed by atoms with Gasteiger partial charge in [0.05, 0.1) is 18.8 Å². The summed E-state index contributed by atoms with van der Waals surface area (Å²) < 4.78 is 16.7. The predicted octanol–water partition coefficient (Wildman–Crippen LogP) is 0.110. The van der Waals surface area contributed by atoms with E-state index in [2.05, 4.69) is 4.90 Å². The van der Waals surface area contributed by atoms with Crippen molar-refractivity contribution in [1.29, 1.82) is 0 Å². The molecule has 0 aromatic heterocycles. The van der Waals surface area contributed by atoms with Crippen molar-refractivity contribution in [2.24, 2.45) is 0 Å². The SMILES string of the molecule is O=C(O)C1CN(C2CCOC3(CCOC3)C2)CCO1. The first-order valence-corrected chi connectivity index (χ1v) is 6.99. The summed E-state index contributed by atoms with van der Waals surface area (Å²) in [6.07, 6.45) is 2.18. The topological polar surface area (TPSA) is 68.2 Å². The lowest BCUT2D eigenvalue weighted by atomic mass is 9.88. The van der Waals surface area contributed by atoms with Crippen LogP contribution in [0.3, 0.4) is 0 Å². The van der Waals surface area contributed by atoms with Crippen LogP contribution in [-0.4, -0.2) is 73.2 Å². The Hall–Kier alpha value is -0.690. The Morgan fingerprint density at radius 3 is 2.95 bits per heavy atom. The second-order valence-electron chi connectivity index (χ2n) is 5.67. The molecule has 3 saturated heterocycles. The minimum absolute atomic E-state index is 0.125. The van der Waals surface area contributed by atoms with Gasteiger partial charge in [-0.05, 0) is 12.8 Å². The number of carbonyl (C=O) groups is 1. The Bertz CT molecular complexity index is 342. The van der Waals surface area contributed by atoms with E-state index in [-0.39, 0.29) is 5.60 Å². The van der Waals surface area contributed by atoms with E-state index in [4.69, 9.17) is 19.3 Å². The number of rotatable bonds is 2. The first-order valence-electron chi connectivity index (χ1n) is 6.99. The zero-order chi connectivity index (χ0) is 13.3. The van der Waals surface area contributed by atoms with Gasteiger partial charge in [-0.3, -0.25) is 4.90 Å². The lowest BCUT2D eigenvalue weighted by Crippen LogP contribution is -2.55. The van der Waals surface area contributed by atoms with Crippen molar-refractivity contribution in [2.75, 3.05) is 39.5 Å². The van der Waals surface area contributed by atoms with Crippen molar-refractivity contribution in [1.82, 2.24) is 4.90 Å². The number of ether oxygens (including phenoxy) is 3. The average Bonchev–Trinajstić information content (AvgIpc) is 2.87. The summed E-state index contributed by atoms with van der Waals surface area (Å²) in [5, 5.41) is 9.06. The van der Waals surface area contributed by atoms with E-state index in [0.717, 1.165) is 39.0 Å². The fourth-order valence-electron chi connectivity index (χ4n) is 3.33. The van der Waals surface area contributed by atoms with Gasteiger partial charge in [-0.25, -0.2) is 4.79 Å². The lowest BCUT2D eigenvalue weighted by molar-refractivity contribution is -0.161.